The van der Waals surface area contributed by atoms with Crippen LogP contribution in [-0.4, -0.2) is 111 Å². The number of pyridine rings is 1. The molecule has 19 heteroatoms. The van der Waals surface area contributed by atoms with Gasteiger partial charge in [0.05, 0.1) is 37.6 Å². The Balaban J connectivity index is 0.000000162. The molecule has 0 amide bonds. The van der Waals surface area contributed by atoms with Crippen molar-refractivity contribution in [2.24, 2.45) is 0 Å². The van der Waals surface area contributed by atoms with Crippen LogP contribution in [0.25, 0.3) is 16.7 Å². The number of nitrogen functional groups attached to an aromatic ring is 1. The Morgan fingerprint density at radius 3 is 2.30 bits per heavy atom. The van der Waals surface area contributed by atoms with Crippen LogP contribution in [0.5, 0.6) is 0 Å². The van der Waals surface area contributed by atoms with Gasteiger partial charge < -0.3 is 46.4 Å². The fourth-order valence-corrected chi connectivity index (χ4v) is 6.86. The number of carbonyl (C=O) groups is 3. The summed E-state index contributed by atoms with van der Waals surface area (Å²) in [5.41, 5.74) is 12.0. The molecule has 0 spiro atoms. The summed E-state index contributed by atoms with van der Waals surface area (Å²) < 4.78 is 7.16. The molecule has 17 nitrogen and oxygen atoms in total. The lowest BCUT2D eigenvalue weighted by atomic mass is 9.89. The Labute approximate surface area is 318 Å². The number of fused-ring (bicyclic) bond motifs is 3. The van der Waals surface area contributed by atoms with E-state index >= 15 is 0 Å². The van der Waals surface area contributed by atoms with Crippen molar-refractivity contribution in [3.05, 3.63) is 81.1 Å². The molecule has 3 aromatic heterocycles. The molecule has 2 saturated heterocycles. The third-order valence-corrected chi connectivity index (χ3v) is 9.49. The predicted molar refractivity (Wildman–Crippen MR) is 195 cm³/mol. The van der Waals surface area contributed by atoms with Gasteiger partial charge in [-0.1, -0.05) is 29.3 Å². The van der Waals surface area contributed by atoms with Crippen LogP contribution in [0.15, 0.2) is 48.4 Å². The summed E-state index contributed by atoms with van der Waals surface area (Å²) in [5, 5.41) is 56.9. The Morgan fingerprint density at radius 2 is 1.67 bits per heavy atom. The zero-order chi connectivity index (χ0) is 39.2. The van der Waals surface area contributed by atoms with Crippen LogP contribution >= 0.6 is 23.2 Å². The van der Waals surface area contributed by atoms with Gasteiger partial charge in [0.25, 0.3) is 0 Å². The van der Waals surface area contributed by atoms with Crippen molar-refractivity contribution in [2.75, 3.05) is 25.4 Å². The molecule has 0 unspecified atom stereocenters. The number of carboxylic acid groups (broad SMARTS) is 3. The van der Waals surface area contributed by atoms with Crippen LogP contribution in [0.4, 0.5) is 5.82 Å². The Morgan fingerprint density at radius 1 is 0.981 bits per heavy atom. The second-order valence-electron chi connectivity index (χ2n) is 12.8. The predicted octanol–water partition coefficient (Wildman–Crippen LogP) is 2.47. The van der Waals surface area contributed by atoms with Crippen LogP contribution in [-0.2, 0) is 32.0 Å². The van der Waals surface area contributed by atoms with Crippen molar-refractivity contribution >= 4 is 63.7 Å². The van der Waals surface area contributed by atoms with Gasteiger partial charge in [-0.15, -0.1) is 0 Å². The first kappa shape index (κ1) is 40.4. The van der Waals surface area contributed by atoms with E-state index in [1.165, 1.54) is 39.9 Å². The molecule has 288 valence electrons. The smallest absolute Gasteiger partial charge is 0.336 e. The minimum atomic E-state index is -2.74. The molecule has 1 aromatic carbocycles. The second kappa shape index (κ2) is 17.6. The minimum Gasteiger partial charge on any atom is -0.481 e. The van der Waals surface area contributed by atoms with Crippen LogP contribution in [0.2, 0.25) is 10.3 Å². The molecule has 7 rings (SSSR count). The summed E-state index contributed by atoms with van der Waals surface area (Å²) in [5.74, 6) is -4.83. The third kappa shape index (κ3) is 9.48. The first-order valence-electron chi connectivity index (χ1n) is 16.9. The molecule has 1 aliphatic carbocycles. The highest BCUT2D eigenvalue weighted by Crippen LogP contribution is 2.38. The summed E-state index contributed by atoms with van der Waals surface area (Å²) >= 11 is 12.0. The molecular weight excluding hydrogens is 749 g/mol. The van der Waals surface area contributed by atoms with E-state index in [0.29, 0.717) is 17.6 Å². The average Bonchev–Trinajstić information content (AvgIpc) is 3.67. The number of imidazole rings is 1. The van der Waals surface area contributed by atoms with Crippen LogP contribution in [0.1, 0.15) is 60.7 Å². The fourth-order valence-electron chi connectivity index (χ4n) is 6.50. The van der Waals surface area contributed by atoms with Gasteiger partial charge in [-0.25, -0.2) is 9.78 Å². The number of halogens is 2. The molecule has 5 heterocycles. The summed E-state index contributed by atoms with van der Waals surface area (Å²) in [6.45, 7) is 1.87. The lowest BCUT2D eigenvalue weighted by Gasteiger charge is -2.21. The van der Waals surface area contributed by atoms with Gasteiger partial charge in [0.15, 0.2) is 17.1 Å². The number of aromatic nitrogens is 5. The van der Waals surface area contributed by atoms with Crippen molar-refractivity contribution in [1.29, 1.82) is 0 Å². The van der Waals surface area contributed by atoms with Crippen molar-refractivity contribution < 1.29 is 49.8 Å². The van der Waals surface area contributed by atoms with Crippen LogP contribution in [0, 0.1) is 0 Å². The molecular formula is C35H39Cl2N7O10. The second-order valence-corrected chi connectivity index (χ2v) is 13.6. The number of hydrogen-bond acceptors (Lipinski definition) is 13. The first-order chi connectivity index (χ1) is 25.7. The number of piperidine rings is 1. The van der Waals surface area contributed by atoms with Crippen molar-refractivity contribution in [2.45, 2.75) is 69.0 Å². The van der Waals surface area contributed by atoms with Gasteiger partial charge in [0.1, 0.15) is 17.8 Å². The third-order valence-electron chi connectivity index (χ3n) is 9.09. The average molecular weight is 789 g/mol. The van der Waals surface area contributed by atoms with E-state index in [4.69, 9.17) is 64.2 Å². The quantitative estimate of drug-likeness (QED) is 0.125. The van der Waals surface area contributed by atoms with Gasteiger partial charge in [0.2, 0.25) is 5.28 Å². The number of hydrogen-bond donors (Lipinski definition) is 8. The first-order valence-corrected chi connectivity index (χ1v) is 17.6. The Hall–Kier alpha value is -4.75. The maximum Gasteiger partial charge on any atom is 0.336 e. The van der Waals surface area contributed by atoms with E-state index in [1.54, 1.807) is 4.57 Å². The fraction of sp³-hybridized carbons (Fsp3) is 0.400. The Bertz CT molecular complexity index is 2040. The largest absolute Gasteiger partial charge is 0.481 e. The summed E-state index contributed by atoms with van der Waals surface area (Å²) in [4.78, 5) is 47.2. The van der Waals surface area contributed by atoms with Gasteiger partial charge in [0, 0.05) is 23.2 Å². The number of aliphatic carboxylic acids is 3. The number of aliphatic hydroxyl groups excluding tert-OH is 2. The highest BCUT2D eigenvalue weighted by molar-refractivity contribution is 6.30. The summed E-state index contributed by atoms with van der Waals surface area (Å²) in [6.07, 6.45) is 3.92. The molecule has 0 radical (unpaired) electrons. The van der Waals surface area contributed by atoms with E-state index < -0.39 is 54.8 Å². The highest BCUT2D eigenvalue weighted by atomic mass is 35.5. The topological polar surface area (TPSA) is 276 Å². The maximum absolute atomic E-state index is 10.3. The number of ether oxygens (including phenoxy) is 1. The van der Waals surface area contributed by atoms with E-state index in [0.717, 1.165) is 43.8 Å². The molecule has 9 N–H and O–H groups in total. The van der Waals surface area contributed by atoms with E-state index in [9.17, 15) is 19.5 Å². The maximum atomic E-state index is 10.3. The number of anilines is 1. The number of aliphatic hydroxyl groups is 3. The highest BCUT2D eigenvalue weighted by Gasteiger charge is 2.41. The van der Waals surface area contributed by atoms with Crippen molar-refractivity contribution in [3.63, 3.8) is 0 Å². The molecule has 2 aliphatic heterocycles. The van der Waals surface area contributed by atoms with Crippen molar-refractivity contribution in [3.8, 4) is 0 Å². The van der Waals surface area contributed by atoms with Gasteiger partial charge >= 0.3 is 17.9 Å². The SMILES string of the molecule is Clc1ccc2c(c1)CCc1cccnc1C2=C1CCNCC1.Nc1nc(Cl)nc2c1ncn2[C@H]1C[C@H](O)[C@@H](CO)O1.O=C(O)CC(O)(CC(=O)O)C(=O)O. The van der Waals surface area contributed by atoms with Crippen molar-refractivity contribution in [1.82, 2.24) is 29.8 Å². The molecule has 3 atom stereocenters. The normalized spacial score (nSPS) is 19.4. The number of aryl methyl sites for hydroxylation is 2. The van der Waals surface area contributed by atoms with E-state index in [1.807, 2.05) is 18.3 Å². The van der Waals surface area contributed by atoms with E-state index in [-0.39, 0.29) is 17.7 Å². The Kier molecular flexibility index (Phi) is 13.2. The molecule has 3 aliphatic rings. The molecule has 2 fully saturated rings. The number of benzene rings is 1. The van der Waals surface area contributed by atoms with Crippen LogP contribution < -0.4 is 11.1 Å². The number of nitrogens with one attached hydrogen (secondary N) is 1. The van der Waals surface area contributed by atoms with Gasteiger partial charge in [-0.05, 0) is 85.3 Å². The van der Waals surface area contributed by atoms with Crippen LogP contribution in [0.3, 0.4) is 0 Å². The summed E-state index contributed by atoms with van der Waals surface area (Å²) in [6, 6.07) is 10.6. The minimum absolute atomic E-state index is 0.0176. The standard InChI is InChI=1S/C19H19ClN2.C10H12ClN5O3.C6H8O7/c20-16-5-6-17-15(12-16)4-3-14-2-1-9-22-19(14)18(17)13-7-10-21-11-8-13;11-10-14-8(12)7-9(15-10)16(3-13-7)6-1-4(18)5(2-17)19-6;7-3(8)1-6(13,5(11)12)2-4(9)10/h1-2,5-6,9,12,21H,3-4,7-8,10-11H2;3-6,17-18H,1-2H2,(H2,12,14,15);13H,1-2H2,(H,7,8)(H,9,10)(H,11,12)/t;4-,5+,6+;/m.0./s1. The lowest BCUT2D eigenvalue weighted by Crippen LogP contribution is -2.42. The number of rotatable bonds is 7. The molecule has 0 saturated carbocycles. The monoisotopic (exact) mass is 787 g/mol. The zero-order valence-corrected chi connectivity index (χ0v) is 30.2. The molecule has 0 bridgehead atoms. The lowest BCUT2D eigenvalue weighted by molar-refractivity contribution is -0.170. The number of nitrogens with two attached hydrogens (primary N) is 1. The van der Waals surface area contributed by atoms with Gasteiger partial charge in [-0.2, -0.15) is 9.97 Å². The summed E-state index contributed by atoms with van der Waals surface area (Å²) in [7, 11) is 0. The number of nitrogens with zero attached hydrogens (tertiary/aromatic N) is 5. The molecule has 54 heavy (non-hydrogen) atoms. The van der Waals surface area contributed by atoms with Gasteiger partial charge in [-0.3, -0.25) is 19.1 Å². The molecule has 4 aromatic rings. The van der Waals surface area contributed by atoms with E-state index in [2.05, 4.69) is 38.5 Å². The zero-order valence-electron chi connectivity index (χ0n) is 28.7. The number of carboxylic acids is 3.